The minimum absolute atomic E-state index is 0.163. The van der Waals surface area contributed by atoms with Crippen LogP contribution in [0.3, 0.4) is 0 Å². The van der Waals surface area contributed by atoms with E-state index in [2.05, 4.69) is 20.8 Å². The molecule has 1 aromatic carbocycles. The Hall–Kier alpha value is -2.66. The SMILES string of the molecule is Cc1nn(Cc2c(F)cccc2Cl)c(C)c1NC(=S)NCCCn1nc(C(F)(F)F)cc1C1CC1. The summed E-state index contributed by atoms with van der Waals surface area (Å²) in [5.74, 6) is -0.239. The lowest BCUT2D eigenvalue weighted by Crippen LogP contribution is -2.30. The largest absolute Gasteiger partial charge is 0.435 e. The van der Waals surface area contributed by atoms with E-state index in [4.69, 9.17) is 23.8 Å². The second kappa shape index (κ2) is 10.1. The smallest absolute Gasteiger partial charge is 0.362 e. The summed E-state index contributed by atoms with van der Waals surface area (Å²) in [5, 5.41) is 15.1. The van der Waals surface area contributed by atoms with E-state index >= 15 is 0 Å². The van der Waals surface area contributed by atoms with Crippen LogP contribution >= 0.6 is 23.8 Å². The van der Waals surface area contributed by atoms with Crippen LogP contribution in [0.1, 0.15) is 53.5 Å². The highest BCUT2D eigenvalue weighted by molar-refractivity contribution is 7.80. The van der Waals surface area contributed by atoms with Crippen molar-refractivity contribution in [2.24, 2.45) is 0 Å². The van der Waals surface area contributed by atoms with E-state index in [1.54, 1.807) is 16.8 Å². The summed E-state index contributed by atoms with van der Waals surface area (Å²) >= 11 is 11.5. The van der Waals surface area contributed by atoms with Crippen molar-refractivity contribution in [3.05, 3.63) is 63.4 Å². The number of nitrogens with zero attached hydrogens (tertiary/aromatic N) is 4. The molecule has 0 aliphatic heterocycles. The molecular weight excluding hydrogens is 504 g/mol. The monoisotopic (exact) mass is 528 g/mol. The minimum atomic E-state index is -4.45. The van der Waals surface area contributed by atoms with Crippen molar-refractivity contribution in [1.82, 2.24) is 24.9 Å². The molecule has 2 heterocycles. The fourth-order valence-electron chi connectivity index (χ4n) is 3.91. The Labute approximate surface area is 210 Å². The molecule has 1 aliphatic rings. The molecule has 1 aliphatic carbocycles. The van der Waals surface area contributed by atoms with Gasteiger partial charge in [0.15, 0.2) is 10.8 Å². The summed E-state index contributed by atoms with van der Waals surface area (Å²) in [6, 6.07) is 5.69. The maximum absolute atomic E-state index is 14.2. The first-order valence-electron chi connectivity index (χ1n) is 11.2. The number of nitrogens with one attached hydrogen (secondary N) is 2. The number of thiocarbonyl (C=S) groups is 1. The Bertz CT molecular complexity index is 1210. The van der Waals surface area contributed by atoms with Gasteiger partial charge in [0.25, 0.3) is 0 Å². The van der Waals surface area contributed by atoms with E-state index in [0.717, 1.165) is 24.6 Å². The zero-order chi connectivity index (χ0) is 25.3. The van der Waals surface area contributed by atoms with Crippen molar-refractivity contribution in [1.29, 1.82) is 0 Å². The molecule has 4 rings (SSSR count). The molecule has 3 aromatic rings. The third-order valence-electron chi connectivity index (χ3n) is 5.92. The standard InChI is InChI=1S/C23H25ClF4N6S/c1-13-21(14(2)34(31-13)12-16-17(24)5-3-6-18(16)25)30-22(35)29-9-4-10-33-19(15-7-8-15)11-20(32-33)23(26,27)28/h3,5-6,11,15H,4,7-10,12H2,1-2H3,(H2,29,30,35). The number of rotatable bonds is 8. The number of alkyl halides is 3. The summed E-state index contributed by atoms with van der Waals surface area (Å²) in [6.45, 7) is 4.64. The highest BCUT2D eigenvalue weighted by Gasteiger charge is 2.37. The van der Waals surface area contributed by atoms with Crippen molar-refractivity contribution >= 4 is 34.6 Å². The second-order valence-electron chi connectivity index (χ2n) is 8.59. The zero-order valence-corrected chi connectivity index (χ0v) is 20.8. The van der Waals surface area contributed by atoms with Gasteiger partial charge in [0.2, 0.25) is 0 Å². The Balaban J connectivity index is 1.32. The predicted octanol–water partition coefficient (Wildman–Crippen LogP) is 5.81. The molecule has 1 saturated carbocycles. The Morgan fingerprint density at radius 3 is 2.60 bits per heavy atom. The molecule has 12 heteroatoms. The molecule has 1 fully saturated rings. The van der Waals surface area contributed by atoms with E-state index < -0.39 is 17.7 Å². The summed E-state index contributed by atoms with van der Waals surface area (Å²) in [4.78, 5) is 0. The molecule has 188 valence electrons. The first kappa shape index (κ1) is 25.4. The van der Waals surface area contributed by atoms with E-state index in [0.29, 0.717) is 52.3 Å². The average Bonchev–Trinajstić information content (AvgIpc) is 3.48. The van der Waals surface area contributed by atoms with Gasteiger partial charge in [-0.3, -0.25) is 9.36 Å². The molecular formula is C23H25ClF4N6S. The van der Waals surface area contributed by atoms with Crippen LogP contribution in [0.15, 0.2) is 24.3 Å². The van der Waals surface area contributed by atoms with Crippen LogP contribution in [0.5, 0.6) is 0 Å². The molecule has 0 atom stereocenters. The van der Waals surface area contributed by atoms with Crippen LogP contribution < -0.4 is 10.6 Å². The van der Waals surface area contributed by atoms with Gasteiger partial charge in [-0.25, -0.2) is 4.39 Å². The molecule has 0 spiro atoms. The first-order chi connectivity index (χ1) is 16.5. The van der Waals surface area contributed by atoms with Crippen LogP contribution in [-0.2, 0) is 19.3 Å². The van der Waals surface area contributed by atoms with Gasteiger partial charge >= 0.3 is 6.18 Å². The maximum Gasteiger partial charge on any atom is 0.435 e. The van der Waals surface area contributed by atoms with Crippen molar-refractivity contribution in [3.8, 4) is 0 Å². The minimum Gasteiger partial charge on any atom is -0.362 e. The van der Waals surface area contributed by atoms with E-state index in [9.17, 15) is 17.6 Å². The quantitative estimate of drug-likeness (QED) is 0.219. The Kier molecular flexibility index (Phi) is 7.37. The molecule has 6 nitrogen and oxygen atoms in total. The van der Waals surface area contributed by atoms with Crippen molar-refractivity contribution in [3.63, 3.8) is 0 Å². The lowest BCUT2D eigenvalue weighted by Gasteiger charge is -2.12. The highest BCUT2D eigenvalue weighted by Crippen LogP contribution is 2.42. The Morgan fingerprint density at radius 2 is 1.94 bits per heavy atom. The number of benzene rings is 1. The molecule has 2 aromatic heterocycles. The fourth-order valence-corrected chi connectivity index (χ4v) is 4.34. The molecule has 2 N–H and O–H groups in total. The normalized spacial score (nSPS) is 13.8. The molecule has 0 unspecified atom stereocenters. The highest BCUT2D eigenvalue weighted by atomic mass is 35.5. The van der Waals surface area contributed by atoms with Gasteiger partial charge < -0.3 is 10.6 Å². The van der Waals surface area contributed by atoms with Gasteiger partial charge in [-0.1, -0.05) is 17.7 Å². The van der Waals surface area contributed by atoms with Crippen LogP contribution in [-0.4, -0.2) is 31.2 Å². The van der Waals surface area contributed by atoms with Crippen LogP contribution in [0.2, 0.25) is 5.02 Å². The van der Waals surface area contributed by atoms with Crippen molar-refractivity contribution in [2.75, 3.05) is 11.9 Å². The van der Waals surface area contributed by atoms with E-state index in [-0.39, 0.29) is 12.5 Å². The number of anilines is 1. The van der Waals surface area contributed by atoms with Gasteiger partial charge in [-0.15, -0.1) is 0 Å². The van der Waals surface area contributed by atoms with E-state index in [1.165, 1.54) is 10.7 Å². The molecule has 35 heavy (non-hydrogen) atoms. The zero-order valence-electron chi connectivity index (χ0n) is 19.2. The average molecular weight is 529 g/mol. The van der Waals surface area contributed by atoms with Crippen LogP contribution in [0.25, 0.3) is 0 Å². The predicted molar refractivity (Wildman–Crippen MR) is 130 cm³/mol. The first-order valence-corrected chi connectivity index (χ1v) is 12.0. The summed E-state index contributed by atoms with van der Waals surface area (Å²) in [6.07, 6.45) is -2.12. The molecule has 0 bridgehead atoms. The van der Waals surface area contributed by atoms with Crippen molar-refractivity contribution in [2.45, 2.75) is 58.3 Å². The summed E-state index contributed by atoms with van der Waals surface area (Å²) in [7, 11) is 0. The number of halogens is 5. The fraction of sp³-hybridized carbons (Fsp3) is 0.435. The van der Waals surface area contributed by atoms with Gasteiger partial charge in [0.1, 0.15) is 5.82 Å². The molecule has 0 amide bonds. The molecule has 0 radical (unpaired) electrons. The van der Waals surface area contributed by atoms with Gasteiger partial charge in [-0.05, 0) is 63.5 Å². The van der Waals surface area contributed by atoms with Gasteiger partial charge in [0, 0.05) is 35.3 Å². The second-order valence-corrected chi connectivity index (χ2v) is 9.40. The lowest BCUT2D eigenvalue weighted by atomic mass is 10.2. The van der Waals surface area contributed by atoms with Crippen LogP contribution in [0, 0.1) is 19.7 Å². The number of hydrogen-bond donors (Lipinski definition) is 2. The van der Waals surface area contributed by atoms with E-state index in [1.807, 2.05) is 13.8 Å². The lowest BCUT2D eigenvalue weighted by molar-refractivity contribution is -0.141. The van der Waals surface area contributed by atoms with Gasteiger partial charge in [0.05, 0.1) is 23.6 Å². The third kappa shape index (κ3) is 5.95. The Morgan fingerprint density at radius 1 is 1.20 bits per heavy atom. The number of hydrogen-bond acceptors (Lipinski definition) is 3. The number of aryl methyl sites for hydroxylation is 2. The number of aromatic nitrogens is 4. The van der Waals surface area contributed by atoms with Crippen LogP contribution in [0.4, 0.5) is 23.2 Å². The topological polar surface area (TPSA) is 59.7 Å². The maximum atomic E-state index is 14.2. The van der Waals surface area contributed by atoms with Crippen molar-refractivity contribution < 1.29 is 17.6 Å². The van der Waals surface area contributed by atoms with Gasteiger partial charge in [-0.2, -0.15) is 23.4 Å². The third-order valence-corrected chi connectivity index (χ3v) is 6.52. The summed E-state index contributed by atoms with van der Waals surface area (Å²) in [5.41, 5.74) is 2.30. The molecule has 0 saturated heterocycles. The summed E-state index contributed by atoms with van der Waals surface area (Å²) < 4.78 is 56.4.